The number of nitrogens with one attached hydrogen (secondary N) is 1. The Morgan fingerprint density at radius 3 is 2.83 bits per heavy atom. The van der Waals surface area contributed by atoms with Gasteiger partial charge in [-0.25, -0.2) is 4.79 Å². The van der Waals surface area contributed by atoms with Gasteiger partial charge in [-0.15, -0.1) is 0 Å². The number of anilines is 1. The first-order valence-electron chi connectivity index (χ1n) is 8.22. The number of hydrogen-bond donors (Lipinski definition) is 1. The van der Waals surface area contributed by atoms with Crippen molar-refractivity contribution in [2.75, 3.05) is 25.6 Å². The average Bonchev–Trinajstić information content (AvgIpc) is 2.62. The highest BCUT2D eigenvalue weighted by atomic mass is 16.5. The number of carbonyl (C=O) groups excluding carboxylic acids is 1. The highest BCUT2D eigenvalue weighted by Crippen LogP contribution is 2.29. The number of allylic oxidation sites excluding steroid dienone is 2. The van der Waals surface area contributed by atoms with Gasteiger partial charge in [0.15, 0.2) is 11.8 Å². The number of nitrogens with zero attached hydrogens (tertiary/aromatic N) is 1. The van der Waals surface area contributed by atoms with Gasteiger partial charge in [0.05, 0.1) is 25.1 Å². The Labute approximate surface area is 141 Å². The number of ether oxygens (including phenoxy) is 3. The molecule has 1 aliphatic carbocycles. The summed E-state index contributed by atoms with van der Waals surface area (Å²) in [7, 11) is 1.65. The van der Waals surface area contributed by atoms with Crippen molar-refractivity contribution >= 4 is 17.4 Å². The van der Waals surface area contributed by atoms with Crippen LogP contribution in [0.2, 0.25) is 0 Å². The summed E-state index contributed by atoms with van der Waals surface area (Å²) in [4.78, 5) is 16.4. The van der Waals surface area contributed by atoms with Crippen LogP contribution in [0.1, 0.15) is 26.2 Å². The summed E-state index contributed by atoms with van der Waals surface area (Å²) in [5.41, 5.74) is 2.82. The summed E-state index contributed by atoms with van der Waals surface area (Å²) in [5, 5.41) is 3.40. The maximum atomic E-state index is 11.9. The van der Waals surface area contributed by atoms with Crippen LogP contribution in [0.15, 0.2) is 40.7 Å². The predicted molar refractivity (Wildman–Crippen MR) is 91.3 cm³/mol. The fourth-order valence-electron chi connectivity index (χ4n) is 2.84. The maximum Gasteiger partial charge on any atom is 0.334 e. The number of hydrogen-bond acceptors (Lipinski definition) is 6. The molecule has 1 aliphatic heterocycles. The Hall–Kier alpha value is -2.50. The molecule has 0 radical (unpaired) electrons. The third kappa shape index (κ3) is 3.53. The molecule has 0 spiro atoms. The quantitative estimate of drug-likeness (QED) is 0.841. The van der Waals surface area contributed by atoms with Crippen molar-refractivity contribution in [1.29, 1.82) is 0 Å². The summed E-state index contributed by atoms with van der Waals surface area (Å²) >= 11 is 0. The van der Waals surface area contributed by atoms with Gasteiger partial charge in [-0.2, -0.15) is 0 Å². The summed E-state index contributed by atoms with van der Waals surface area (Å²) < 4.78 is 16.1. The Morgan fingerprint density at radius 1 is 1.33 bits per heavy atom. The first-order valence-corrected chi connectivity index (χ1v) is 8.22. The molecule has 6 heteroatoms. The van der Waals surface area contributed by atoms with Crippen LogP contribution < -0.4 is 10.1 Å². The van der Waals surface area contributed by atoms with Gasteiger partial charge in [-0.3, -0.25) is 4.99 Å². The fourth-order valence-corrected chi connectivity index (χ4v) is 2.84. The van der Waals surface area contributed by atoms with Crippen LogP contribution in [-0.4, -0.2) is 38.0 Å². The van der Waals surface area contributed by atoms with E-state index < -0.39 is 6.04 Å². The van der Waals surface area contributed by atoms with E-state index in [0.717, 1.165) is 47.9 Å². The van der Waals surface area contributed by atoms with Crippen molar-refractivity contribution < 1.29 is 19.0 Å². The van der Waals surface area contributed by atoms with Crippen molar-refractivity contribution in [2.24, 2.45) is 4.99 Å². The van der Waals surface area contributed by atoms with E-state index in [4.69, 9.17) is 14.2 Å². The topological polar surface area (TPSA) is 69.2 Å². The number of benzene rings is 1. The molecule has 0 bridgehead atoms. The second-order valence-electron chi connectivity index (χ2n) is 5.67. The van der Waals surface area contributed by atoms with Crippen LogP contribution in [0.25, 0.3) is 0 Å². The highest BCUT2D eigenvalue weighted by molar-refractivity contribution is 6.02. The molecule has 0 saturated heterocycles. The number of carbonyl (C=O) groups is 1. The molecule has 1 aromatic rings. The summed E-state index contributed by atoms with van der Waals surface area (Å²) in [6, 6.07) is 7.18. The van der Waals surface area contributed by atoms with Gasteiger partial charge in [-0.05, 0) is 50.5 Å². The number of methoxy groups -OCH3 is 1. The Bertz CT molecular complexity index is 664. The number of aliphatic imine (C=N–C) groups is 1. The molecular weight excluding hydrogens is 308 g/mol. The fraction of sp³-hybridized carbons (Fsp3) is 0.444. The van der Waals surface area contributed by atoms with Gasteiger partial charge >= 0.3 is 5.97 Å². The van der Waals surface area contributed by atoms with Crippen LogP contribution in [0.4, 0.5) is 5.69 Å². The number of rotatable bonds is 5. The van der Waals surface area contributed by atoms with Crippen molar-refractivity contribution in [3.05, 3.63) is 35.7 Å². The molecule has 128 valence electrons. The Morgan fingerprint density at radius 2 is 2.12 bits per heavy atom. The molecule has 1 aromatic carbocycles. The van der Waals surface area contributed by atoms with Crippen LogP contribution in [0, 0.1) is 0 Å². The van der Waals surface area contributed by atoms with Crippen molar-refractivity contribution in [3.63, 3.8) is 0 Å². The lowest BCUT2D eigenvalue weighted by atomic mass is 9.99. The van der Waals surface area contributed by atoms with Crippen molar-refractivity contribution in [1.82, 2.24) is 0 Å². The number of esters is 1. The smallest absolute Gasteiger partial charge is 0.334 e. The van der Waals surface area contributed by atoms with Gasteiger partial charge in [0.25, 0.3) is 0 Å². The lowest BCUT2D eigenvalue weighted by molar-refractivity contribution is -0.145. The Kier molecular flexibility index (Phi) is 5.03. The largest absolute Gasteiger partial charge is 0.497 e. The minimum absolute atomic E-state index is 0.228. The molecule has 6 nitrogen and oxygen atoms in total. The molecule has 0 aromatic heterocycles. The van der Waals surface area contributed by atoms with Crippen LogP contribution in [0.3, 0.4) is 0 Å². The molecule has 0 saturated carbocycles. The second kappa shape index (κ2) is 7.38. The average molecular weight is 330 g/mol. The molecule has 0 fully saturated rings. The van der Waals surface area contributed by atoms with Gasteiger partial charge in [0.2, 0.25) is 0 Å². The zero-order valence-corrected chi connectivity index (χ0v) is 14.0. The van der Waals surface area contributed by atoms with Gasteiger partial charge in [0, 0.05) is 5.69 Å². The van der Waals surface area contributed by atoms with E-state index in [0.29, 0.717) is 6.61 Å². The minimum atomic E-state index is -0.552. The summed E-state index contributed by atoms with van der Waals surface area (Å²) in [6.07, 6.45) is 2.68. The summed E-state index contributed by atoms with van der Waals surface area (Å²) in [5.74, 6) is 1.27. The molecule has 1 N–H and O–H groups in total. The lowest BCUT2D eigenvalue weighted by Crippen LogP contribution is -2.34. The lowest BCUT2D eigenvalue weighted by Gasteiger charge is -2.28. The molecule has 1 atom stereocenters. The van der Waals surface area contributed by atoms with E-state index in [-0.39, 0.29) is 12.6 Å². The van der Waals surface area contributed by atoms with Crippen LogP contribution >= 0.6 is 0 Å². The zero-order chi connectivity index (χ0) is 16.9. The molecule has 0 unspecified atom stereocenters. The molecule has 0 amide bonds. The van der Waals surface area contributed by atoms with Gasteiger partial charge in [0.1, 0.15) is 12.4 Å². The van der Waals surface area contributed by atoms with Gasteiger partial charge < -0.3 is 19.5 Å². The standard InChI is InChI=1S/C18H22N2O4/c1-3-23-18(21)16-11-24-17-14(5-4-6-15(17)20-16)19-12-7-9-13(22-2)10-8-12/h7-10,16,19H,3-6,11H2,1-2H3/t16-/m0/s1. The van der Waals surface area contributed by atoms with Gasteiger partial charge in [-0.1, -0.05) is 0 Å². The zero-order valence-electron chi connectivity index (χ0n) is 14.0. The summed E-state index contributed by atoms with van der Waals surface area (Å²) in [6.45, 7) is 2.37. The third-order valence-electron chi connectivity index (χ3n) is 4.02. The predicted octanol–water partition coefficient (Wildman–Crippen LogP) is 2.91. The molecule has 3 rings (SSSR count). The van der Waals surface area contributed by atoms with E-state index in [1.165, 1.54) is 0 Å². The molecule has 24 heavy (non-hydrogen) atoms. The first kappa shape index (κ1) is 16.4. The van der Waals surface area contributed by atoms with Crippen LogP contribution in [0.5, 0.6) is 5.75 Å². The van der Waals surface area contributed by atoms with E-state index in [9.17, 15) is 4.79 Å². The maximum absolute atomic E-state index is 11.9. The third-order valence-corrected chi connectivity index (χ3v) is 4.02. The van der Waals surface area contributed by atoms with Crippen molar-refractivity contribution in [3.8, 4) is 5.75 Å². The van der Waals surface area contributed by atoms with E-state index >= 15 is 0 Å². The van der Waals surface area contributed by atoms with Crippen molar-refractivity contribution in [2.45, 2.75) is 32.2 Å². The molecular formula is C18H22N2O4. The van der Waals surface area contributed by atoms with E-state index in [1.54, 1.807) is 14.0 Å². The molecule has 1 heterocycles. The number of fused-ring (bicyclic) bond motifs is 1. The molecule has 2 aliphatic rings. The first-order chi connectivity index (χ1) is 11.7. The normalized spacial score (nSPS) is 19.8. The SMILES string of the molecule is CCOC(=O)[C@@H]1COC2=C(Nc3ccc(OC)cc3)CCCC2=N1. The second-order valence-corrected chi connectivity index (χ2v) is 5.67. The van der Waals surface area contributed by atoms with E-state index in [2.05, 4.69) is 10.3 Å². The minimum Gasteiger partial charge on any atom is -0.497 e. The monoisotopic (exact) mass is 330 g/mol. The highest BCUT2D eigenvalue weighted by Gasteiger charge is 2.30. The Balaban J connectivity index is 1.78. The van der Waals surface area contributed by atoms with E-state index in [1.807, 2.05) is 24.3 Å². The van der Waals surface area contributed by atoms with Crippen LogP contribution in [-0.2, 0) is 14.3 Å².